The fraction of sp³-hybridized carbons (Fsp3) is 0.522. The van der Waals surface area contributed by atoms with E-state index in [1.165, 1.54) is 18.3 Å². The molecule has 1 saturated heterocycles. The van der Waals surface area contributed by atoms with Crippen molar-refractivity contribution in [3.05, 3.63) is 51.9 Å². The Hall–Kier alpha value is -2.39. The summed E-state index contributed by atoms with van der Waals surface area (Å²) in [6.45, 7) is 1.80. The first kappa shape index (κ1) is 23.8. The molecule has 0 N–H and O–H groups in total. The second-order valence-corrected chi connectivity index (χ2v) is 9.27. The summed E-state index contributed by atoms with van der Waals surface area (Å²) in [6.07, 6.45) is 0.193. The molecule has 33 heavy (non-hydrogen) atoms. The Bertz CT molecular complexity index is 1020. The molecule has 1 amide bonds. The molecular weight excluding hydrogens is 455 g/mol. The highest BCUT2D eigenvalue weighted by atomic mass is 35.5. The SMILES string of the molecule is CN(C)C1CCN(C(=O)c2cnc3c(n2)N(Cc2cc(Cl)ccc2C(F)(F)F)CCC3)CC1. The third kappa shape index (κ3) is 5.24. The molecule has 1 aromatic carbocycles. The predicted octanol–water partition coefficient (Wildman–Crippen LogP) is 4.27. The van der Waals surface area contributed by atoms with Gasteiger partial charge in [-0.1, -0.05) is 11.6 Å². The van der Waals surface area contributed by atoms with Crippen LogP contribution in [-0.2, 0) is 19.1 Å². The van der Waals surface area contributed by atoms with Gasteiger partial charge in [-0.05, 0) is 63.5 Å². The van der Waals surface area contributed by atoms with Gasteiger partial charge < -0.3 is 14.7 Å². The average Bonchev–Trinajstić information content (AvgIpc) is 2.78. The van der Waals surface area contributed by atoms with E-state index in [-0.39, 0.29) is 28.7 Å². The van der Waals surface area contributed by atoms with Crippen molar-refractivity contribution in [1.82, 2.24) is 19.8 Å². The average molecular weight is 482 g/mol. The molecule has 2 aliphatic rings. The number of aromatic nitrogens is 2. The molecule has 178 valence electrons. The van der Waals surface area contributed by atoms with Crippen LogP contribution in [0.5, 0.6) is 0 Å². The Morgan fingerprint density at radius 2 is 1.94 bits per heavy atom. The molecule has 1 fully saturated rings. The second-order valence-electron chi connectivity index (χ2n) is 8.84. The van der Waals surface area contributed by atoms with Gasteiger partial charge in [0.1, 0.15) is 5.69 Å². The van der Waals surface area contributed by atoms with E-state index in [9.17, 15) is 18.0 Å². The van der Waals surface area contributed by atoms with Crippen LogP contribution < -0.4 is 4.90 Å². The molecule has 0 aliphatic carbocycles. The number of amides is 1. The first-order valence-corrected chi connectivity index (χ1v) is 11.4. The fourth-order valence-corrected chi connectivity index (χ4v) is 4.75. The number of rotatable bonds is 4. The Morgan fingerprint density at radius 3 is 2.61 bits per heavy atom. The van der Waals surface area contributed by atoms with Crippen LogP contribution in [0.3, 0.4) is 0 Å². The molecule has 2 aliphatic heterocycles. The number of aryl methyl sites for hydroxylation is 1. The number of benzene rings is 1. The van der Waals surface area contributed by atoms with E-state index in [0.717, 1.165) is 25.3 Å². The monoisotopic (exact) mass is 481 g/mol. The maximum atomic E-state index is 13.5. The number of halogens is 4. The number of carbonyl (C=O) groups is 1. The number of alkyl halides is 3. The fourth-order valence-electron chi connectivity index (χ4n) is 4.56. The zero-order valence-corrected chi connectivity index (χ0v) is 19.5. The number of piperidine rings is 1. The van der Waals surface area contributed by atoms with Gasteiger partial charge in [0.05, 0.1) is 17.5 Å². The highest BCUT2D eigenvalue weighted by Crippen LogP contribution is 2.35. The van der Waals surface area contributed by atoms with E-state index in [1.54, 1.807) is 9.80 Å². The molecule has 1 aromatic heterocycles. The lowest BCUT2D eigenvalue weighted by molar-refractivity contribution is -0.138. The molecule has 0 saturated carbocycles. The van der Waals surface area contributed by atoms with Crippen molar-refractivity contribution >= 4 is 23.3 Å². The molecule has 2 aromatic rings. The molecule has 0 bridgehead atoms. The molecular formula is C23H27ClF3N5O. The third-order valence-corrected chi connectivity index (χ3v) is 6.64. The largest absolute Gasteiger partial charge is 0.416 e. The van der Waals surface area contributed by atoms with Crippen LogP contribution in [0, 0.1) is 0 Å². The lowest BCUT2D eigenvalue weighted by Gasteiger charge is -2.35. The number of hydrogen-bond acceptors (Lipinski definition) is 5. The number of carbonyl (C=O) groups excluding carboxylic acids is 1. The van der Waals surface area contributed by atoms with Crippen molar-refractivity contribution in [2.24, 2.45) is 0 Å². The van der Waals surface area contributed by atoms with Gasteiger partial charge in [-0.15, -0.1) is 0 Å². The predicted molar refractivity (Wildman–Crippen MR) is 120 cm³/mol. The Morgan fingerprint density at radius 1 is 1.21 bits per heavy atom. The molecule has 0 spiro atoms. The first-order valence-electron chi connectivity index (χ1n) is 11.1. The number of nitrogens with zero attached hydrogens (tertiary/aromatic N) is 5. The minimum Gasteiger partial charge on any atom is -0.351 e. The van der Waals surface area contributed by atoms with E-state index < -0.39 is 11.7 Å². The van der Waals surface area contributed by atoms with Gasteiger partial charge >= 0.3 is 6.18 Å². The summed E-state index contributed by atoms with van der Waals surface area (Å²) in [6, 6.07) is 4.04. The van der Waals surface area contributed by atoms with E-state index >= 15 is 0 Å². The molecule has 0 unspecified atom stereocenters. The Labute approximate surface area is 196 Å². The topological polar surface area (TPSA) is 52.6 Å². The third-order valence-electron chi connectivity index (χ3n) is 6.40. The van der Waals surface area contributed by atoms with Crippen LogP contribution in [0.15, 0.2) is 24.4 Å². The van der Waals surface area contributed by atoms with Crippen molar-refractivity contribution in [2.75, 3.05) is 38.6 Å². The highest BCUT2D eigenvalue weighted by molar-refractivity contribution is 6.30. The summed E-state index contributed by atoms with van der Waals surface area (Å²) in [4.78, 5) is 27.8. The van der Waals surface area contributed by atoms with Gasteiger partial charge in [-0.2, -0.15) is 13.2 Å². The van der Waals surface area contributed by atoms with Gasteiger partial charge in [0, 0.05) is 37.2 Å². The van der Waals surface area contributed by atoms with Crippen LogP contribution in [0.25, 0.3) is 0 Å². The number of anilines is 1. The number of fused-ring (bicyclic) bond motifs is 1. The highest BCUT2D eigenvalue weighted by Gasteiger charge is 2.34. The van der Waals surface area contributed by atoms with Gasteiger partial charge in [-0.25, -0.2) is 4.98 Å². The molecule has 3 heterocycles. The summed E-state index contributed by atoms with van der Waals surface area (Å²) >= 11 is 6.00. The lowest BCUT2D eigenvalue weighted by Crippen LogP contribution is -2.44. The van der Waals surface area contributed by atoms with Crippen molar-refractivity contribution in [2.45, 2.75) is 44.4 Å². The maximum Gasteiger partial charge on any atom is 0.416 e. The van der Waals surface area contributed by atoms with E-state index in [2.05, 4.69) is 14.9 Å². The van der Waals surface area contributed by atoms with Gasteiger partial charge in [0.25, 0.3) is 5.91 Å². The second kappa shape index (κ2) is 9.46. The standard InChI is InChI=1S/C23H27ClF3N5O/c1-30(2)17-7-10-31(11-8-17)22(33)20-13-28-19-4-3-9-32(21(19)29-20)14-15-12-16(24)5-6-18(15)23(25,26)27/h5-6,12-13,17H,3-4,7-11,14H2,1-2H3. The molecule has 10 heteroatoms. The summed E-state index contributed by atoms with van der Waals surface area (Å²) in [5.74, 6) is 0.287. The van der Waals surface area contributed by atoms with Crippen molar-refractivity contribution < 1.29 is 18.0 Å². The summed E-state index contributed by atoms with van der Waals surface area (Å²) < 4.78 is 40.6. The van der Waals surface area contributed by atoms with Gasteiger partial charge in [0.15, 0.2) is 5.82 Å². The normalized spacial score (nSPS) is 17.4. The van der Waals surface area contributed by atoms with Crippen molar-refractivity contribution in [3.63, 3.8) is 0 Å². The summed E-state index contributed by atoms with van der Waals surface area (Å²) in [5.41, 5.74) is 0.279. The van der Waals surface area contributed by atoms with E-state index in [1.807, 2.05) is 14.1 Å². The molecule has 0 atom stereocenters. The van der Waals surface area contributed by atoms with Crippen molar-refractivity contribution in [1.29, 1.82) is 0 Å². The zero-order valence-electron chi connectivity index (χ0n) is 18.7. The quantitative estimate of drug-likeness (QED) is 0.653. The van der Waals surface area contributed by atoms with Crippen LogP contribution in [0.2, 0.25) is 5.02 Å². The van der Waals surface area contributed by atoms with Crippen LogP contribution in [0.1, 0.15) is 46.6 Å². The Kier molecular flexibility index (Phi) is 6.81. The van der Waals surface area contributed by atoms with Crippen molar-refractivity contribution in [3.8, 4) is 0 Å². The van der Waals surface area contributed by atoms with Gasteiger partial charge in [-0.3, -0.25) is 9.78 Å². The zero-order chi connectivity index (χ0) is 23.8. The van der Waals surface area contributed by atoms with Crippen LogP contribution in [0.4, 0.5) is 19.0 Å². The van der Waals surface area contributed by atoms with E-state index in [0.29, 0.717) is 43.6 Å². The minimum absolute atomic E-state index is 0.0110. The van der Waals surface area contributed by atoms with Crippen LogP contribution >= 0.6 is 11.6 Å². The van der Waals surface area contributed by atoms with Gasteiger partial charge in [0.2, 0.25) is 0 Å². The minimum atomic E-state index is -4.49. The smallest absolute Gasteiger partial charge is 0.351 e. The molecule has 6 nitrogen and oxygen atoms in total. The summed E-state index contributed by atoms with van der Waals surface area (Å²) in [7, 11) is 4.08. The molecule has 4 rings (SSSR count). The summed E-state index contributed by atoms with van der Waals surface area (Å²) in [5, 5.41) is 0.242. The van der Waals surface area contributed by atoms with E-state index in [4.69, 9.17) is 11.6 Å². The number of hydrogen-bond donors (Lipinski definition) is 0. The number of likely N-dealkylation sites (tertiary alicyclic amines) is 1. The maximum absolute atomic E-state index is 13.5. The Balaban J connectivity index is 1.57. The first-order chi connectivity index (χ1) is 15.6. The van der Waals surface area contributed by atoms with Crippen LogP contribution in [-0.4, -0.2) is 65.4 Å². The lowest BCUT2D eigenvalue weighted by atomic mass is 10.0. The molecule has 0 radical (unpaired) electrons.